The second-order valence-corrected chi connectivity index (χ2v) is 4.66. The number of benzene rings is 1. The van der Waals surface area contributed by atoms with Crippen LogP contribution in [0.5, 0.6) is 0 Å². The summed E-state index contributed by atoms with van der Waals surface area (Å²) in [5, 5.41) is 2.80. The predicted octanol–water partition coefficient (Wildman–Crippen LogP) is 2.89. The fourth-order valence-corrected chi connectivity index (χ4v) is 2.16. The maximum absolute atomic E-state index is 11.9. The van der Waals surface area contributed by atoms with E-state index in [1.54, 1.807) is 0 Å². The summed E-state index contributed by atoms with van der Waals surface area (Å²) in [7, 11) is 0. The van der Waals surface area contributed by atoms with E-state index in [2.05, 4.69) is 37.0 Å². The molecule has 2 rings (SSSR count). The standard InChI is InChI=1S/C15H17NO/c1-10-5-4-6-13(7-10)9-14-11(2)8-12(3)16-15(14)17/h4-7H,3,8-9H2,1-2H3,(H,16,17). The quantitative estimate of drug-likeness (QED) is 0.827. The van der Waals surface area contributed by atoms with Crippen LogP contribution in [0.4, 0.5) is 0 Å². The third-order valence-electron chi connectivity index (χ3n) is 3.02. The SMILES string of the molecule is C=C1CC(C)=C(Cc2cccc(C)c2)C(=O)N1. The van der Waals surface area contributed by atoms with Gasteiger partial charge in [-0.1, -0.05) is 42.0 Å². The molecule has 0 radical (unpaired) electrons. The number of hydrogen-bond donors (Lipinski definition) is 1. The van der Waals surface area contributed by atoms with E-state index in [4.69, 9.17) is 0 Å². The normalized spacial score (nSPS) is 16.1. The number of allylic oxidation sites excluding steroid dienone is 1. The highest BCUT2D eigenvalue weighted by Gasteiger charge is 2.19. The van der Waals surface area contributed by atoms with Crippen molar-refractivity contribution in [2.45, 2.75) is 26.7 Å². The summed E-state index contributed by atoms with van der Waals surface area (Å²) in [6.45, 7) is 7.88. The number of hydrogen-bond acceptors (Lipinski definition) is 1. The Morgan fingerprint density at radius 1 is 1.35 bits per heavy atom. The van der Waals surface area contributed by atoms with Crippen LogP contribution >= 0.6 is 0 Å². The minimum Gasteiger partial charge on any atom is -0.326 e. The summed E-state index contributed by atoms with van der Waals surface area (Å²) < 4.78 is 0. The third kappa shape index (κ3) is 2.64. The van der Waals surface area contributed by atoms with E-state index < -0.39 is 0 Å². The van der Waals surface area contributed by atoms with Gasteiger partial charge in [0.15, 0.2) is 0 Å². The van der Waals surface area contributed by atoms with E-state index in [0.29, 0.717) is 6.42 Å². The van der Waals surface area contributed by atoms with Crippen LogP contribution in [0.15, 0.2) is 47.7 Å². The minimum absolute atomic E-state index is 0.000237. The van der Waals surface area contributed by atoms with Gasteiger partial charge in [-0.3, -0.25) is 4.79 Å². The van der Waals surface area contributed by atoms with Gasteiger partial charge in [-0.25, -0.2) is 0 Å². The van der Waals surface area contributed by atoms with Gasteiger partial charge >= 0.3 is 0 Å². The zero-order valence-corrected chi connectivity index (χ0v) is 10.3. The molecule has 1 heterocycles. The molecular formula is C15H17NO. The lowest BCUT2D eigenvalue weighted by molar-refractivity contribution is -0.117. The lowest BCUT2D eigenvalue weighted by Crippen LogP contribution is -2.30. The molecule has 0 unspecified atom stereocenters. The molecule has 1 N–H and O–H groups in total. The first-order valence-corrected chi connectivity index (χ1v) is 5.79. The second-order valence-electron chi connectivity index (χ2n) is 4.66. The molecule has 0 spiro atoms. The molecule has 1 amide bonds. The molecular weight excluding hydrogens is 210 g/mol. The topological polar surface area (TPSA) is 29.1 Å². The molecule has 1 aliphatic rings. The molecule has 2 nitrogen and oxygen atoms in total. The van der Waals surface area contributed by atoms with Gasteiger partial charge in [0, 0.05) is 24.1 Å². The Morgan fingerprint density at radius 2 is 2.12 bits per heavy atom. The minimum atomic E-state index is 0.000237. The largest absolute Gasteiger partial charge is 0.326 e. The number of carbonyl (C=O) groups excluding carboxylic acids is 1. The lowest BCUT2D eigenvalue weighted by Gasteiger charge is -2.20. The zero-order chi connectivity index (χ0) is 12.4. The van der Waals surface area contributed by atoms with Crippen LogP contribution in [-0.2, 0) is 11.2 Å². The summed E-state index contributed by atoms with van der Waals surface area (Å²) in [4.78, 5) is 11.9. The van der Waals surface area contributed by atoms with Crippen LogP contribution in [0, 0.1) is 6.92 Å². The fraction of sp³-hybridized carbons (Fsp3) is 0.267. The van der Waals surface area contributed by atoms with Gasteiger partial charge < -0.3 is 5.32 Å². The second kappa shape index (κ2) is 4.58. The van der Waals surface area contributed by atoms with E-state index in [-0.39, 0.29) is 5.91 Å². The maximum atomic E-state index is 11.9. The molecule has 2 heteroatoms. The van der Waals surface area contributed by atoms with Gasteiger partial charge in [0.25, 0.3) is 5.91 Å². The Bertz CT molecular complexity index is 511. The summed E-state index contributed by atoms with van der Waals surface area (Å²) in [6.07, 6.45) is 1.47. The van der Waals surface area contributed by atoms with E-state index in [1.165, 1.54) is 11.1 Å². The van der Waals surface area contributed by atoms with Crippen molar-refractivity contribution in [1.29, 1.82) is 0 Å². The zero-order valence-electron chi connectivity index (χ0n) is 10.3. The molecule has 0 saturated heterocycles. The third-order valence-corrected chi connectivity index (χ3v) is 3.02. The Hall–Kier alpha value is -1.83. The van der Waals surface area contributed by atoms with Gasteiger partial charge in [0.05, 0.1) is 0 Å². The number of nitrogens with one attached hydrogen (secondary N) is 1. The first kappa shape index (κ1) is 11.6. The van der Waals surface area contributed by atoms with Crippen LogP contribution in [0.3, 0.4) is 0 Å². The molecule has 88 valence electrons. The van der Waals surface area contributed by atoms with Crippen LogP contribution in [-0.4, -0.2) is 5.91 Å². The molecule has 0 saturated carbocycles. The van der Waals surface area contributed by atoms with E-state index in [0.717, 1.165) is 23.3 Å². The number of carbonyl (C=O) groups is 1. The van der Waals surface area contributed by atoms with Gasteiger partial charge in [-0.05, 0) is 19.4 Å². The van der Waals surface area contributed by atoms with Crippen molar-refractivity contribution in [2.75, 3.05) is 0 Å². The molecule has 1 aliphatic heterocycles. The van der Waals surface area contributed by atoms with E-state index in [9.17, 15) is 4.79 Å². The van der Waals surface area contributed by atoms with Crippen molar-refractivity contribution in [3.05, 3.63) is 58.8 Å². The van der Waals surface area contributed by atoms with Crippen molar-refractivity contribution in [3.8, 4) is 0 Å². The van der Waals surface area contributed by atoms with Crippen LogP contribution in [0.2, 0.25) is 0 Å². The van der Waals surface area contributed by atoms with Crippen LogP contribution < -0.4 is 5.32 Å². The molecule has 1 aromatic carbocycles. The van der Waals surface area contributed by atoms with Crippen molar-refractivity contribution in [3.63, 3.8) is 0 Å². The van der Waals surface area contributed by atoms with Crippen LogP contribution in [0.25, 0.3) is 0 Å². The Morgan fingerprint density at radius 3 is 2.76 bits per heavy atom. The number of amides is 1. The highest BCUT2D eigenvalue weighted by Crippen LogP contribution is 2.22. The average Bonchev–Trinajstić information content (AvgIpc) is 2.23. The van der Waals surface area contributed by atoms with Gasteiger partial charge in [0.1, 0.15) is 0 Å². The number of rotatable bonds is 2. The van der Waals surface area contributed by atoms with E-state index >= 15 is 0 Å². The predicted molar refractivity (Wildman–Crippen MR) is 69.5 cm³/mol. The van der Waals surface area contributed by atoms with Crippen molar-refractivity contribution in [1.82, 2.24) is 5.32 Å². The molecule has 0 bridgehead atoms. The van der Waals surface area contributed by atoms with Crippen molar-refractivity contribution >= 4 is 5.91 Å². The Kier molecular flexibility index (Phi) is 3.14. The summed E-state index contributed by atoms with van der Waals surface area (Å²) >= 11 is 0. The smallest absolute Gasteiger partial charge is 0.251 e. The molecule has 0 aromatic heterocycles. The Balaban J connectivity index is 2.26. The van der Waals surface area contributed by atoms with Crippen LogP contribution in [0.1, 0.15) is 24.5 Å². The maximum Gasteiger partial charge on any atom is 0.251 e. The monoisotopic (exact) mass is 227 g/mol. The van der Waals surface area contributed by atoms with E-state index in [1.807, 2.05) is 13.0 Å². The molecule has 1 aromatic rings. The lowest BCUT2D eigenvalue weighted by atomic mass is 9.94. The number of aryl methyl sites for hydroxylation is 1. The van der Waals surface area contributed by atoms with Gasteiger partial charge in [-0.15, -0.1) is 0 Å². The molecule has 0 aliphatic carbocycles. The van der Waals surface area contributed by atoms with Crippen molar-refractivity contribution in [2.24, 2.45) is 0 Å². The fourth-order valence-electron chi connectivity index (χ4n) is 2.16. The molecule has 17 heavy (non-hydrogen) atoms. The highest BCUT2D eigenvalue weighted by molar-refractivity contribution is 5.97. The first-order valence-electron chi connectivity index (χ1n) is 5.79. The average molecular weight is 227 g/mol. The van der Waals surface area contributed by atoms with Gasteiger partial charge in [-0.2, -0.15) is 0 Å². The first-order chi connectivity index (χ1) is 8.06. The summed E-state index contributed by atoms with van der Waals surface area (Å²) in [5.41, 5.74) is 5.20. The molecule has 0 fully saturated rings. The Labute approximate surface area is 102 Å². The highest BCUT2D eigenvalue weighted by atomic mass is 16.1. The summed E-state index contributed by atoms with van der Waals surface area (Å²) in [6, 6.07) is 8.27. The van der Waals surface area contributed by atoms with Gasteiger partial charge in [0.2, 0.25) is 0 Å². The molecule has 0 atom stereocenters. The summed E-state index contributed by atoms with van der Waals surface area (Å²) in [5.74, 6) is 0.000237. The van der Waals surface area contributed by atoms with Crippen molar-refractivity contribution < 1.29 is 4.79 Å².